The van der Waals surface area contributed by atoms with E-state index in [1.165, 1.54) is 38.5 Å². The van der Waals surface area contributed by atoms with Crippen LogP contribution >= 0.6 is 0 Å². The second-order valence-corrected chi connectivity index (χ2v) is 7.39. The van der Waals surface area contributed by atoms with E-state index in [-0.39, 0.29) is 5.84 Å². The minimum Gasteiger partial charge on any atom is -0.493 e. The third kappa shape index (κ3) is 5.40. The van der Waals surface area contributed by atoms with Crippen LogP contribution in [0.5, 0.6) is 5.75 Å². The van der Waals surface area contributed by atoms with Crippen molar-refractivity contribution in [3.05, 3.63) is 23.8 Å². The van der Waals surface area contributed by atoms with Gasteiger partial charge in [-0.2, -0.15) is 8.42 Å². The number of nitrogens with two attached hydrogens (primary N) is 1. The van der Waals surface area contributed by atoms with E-state index in [1.807, 2.05) is 0 Å². The Hall–Kier alpha value is -1.76. The Morgan fingerprint density at radius 1 is 1.08 bits per heavy atom. The molecule has 6 nitrogen and oxygen atoms in total. The molecule has 1 aliphatic rings. The molecule has 0 bridgehead atoms. The van der Waals surface area contributed by atoms with Crippen molar-refractivity contribution in [2.24, 2.45) is 10.1 Å². The Morgan fingerprint density at radius 3 is 2.46 bits per heavy atom. The smallest absolute Gasteiger partial charge is 0.344 e. The monoisotopic (exact) mass is 353 g/mol. The average molecular weight is 353 g/mol. The average Bonchev–Trinajstić information content (AvgIpc) is 2.51. The van der Waals surface area contributed by atoms with E-state index in [0.29, 0.717) is 23.6 Å². The Bertz CT molecular complexity index is 672. The minimum atomic E-state index is -3.75. The molecule has 0 aliphatic carbocycles. The van der Waals surface area contributed by atoms with Crippen molar-refractivity contribution in [1.82, 2.24) is 0 Å². The number of rotatable bonds is 10. The molecular weight excluding hydrogens is 326 g/mol. The fourth-order valence-electron chi connectivity index (χ4n) is 2.76. The summed E-state index contributed by atoms with van der Waals surface area (Å²) in [5.41, 5.74) is 6.72. The molecular formula is C17H27N3O3S. The lowest BCUT2D eigenvalue weighted by Gasteiger charge is -2.19. The normalized spacial score (nSPS) is 15.3. The van der Waals surface area contributed by atoms with E-state index in [4.69, 9.17) is 10.5 Å². The number of unbranched alkanes of at least 4 members (excludes halogenated alkanes) is 7. The Balaban J connectivity index is 1.79. The van der Waals surface area contributed by atoms with Crippen molar-refractivity contribution in [3.8, 4) is 5.75 Å². The van der Waals surface area contributed by atoms with Crippen molar-refractivity contribution in [3.63, 3.8) is 0 Å². The van der Waals surface area contributed by atoms with Crippen LogP contribution in [0, 0.1) is 0 Å². The van der Waals surface area contributed by atoms with Gasteiger partial charge >= 0.3 is 10.2 Å². The molecule has 0 aromatic heterocycles. The summed E-state index contributed by atoms with van der Waals surface area (Å²) in [5, 5.41) is 0. The fourth-order valence-corrected chi connectivity index (χ4v) is 3.60. The summed E-state index contributed by atoms with van der Waals surface area (Å²) in [6.45, 7) is 2.81. The van der Waals surface area contributed by atoms with Gasteiger partial charge < -0.3 is 10.5 Å². The van der Waals surface area contributed by atoms with E-state index in [9.17, 15) is 8.42 Å². The molecule has 0 saturated heterocycles. The zero-order valence-electron chi connectivity index (χ0n) is 14.3. The van der Waals surface area contributed by atoms with Crippen LogP contribution in [0.25, 0.3) is 0 Å². The van der Waals surface area contributed by atoms with E-state index in [2.05, 4.69) is 16.0 Å². The number of fused-ring (bicyclic) bond motifs is 1. The number of benzene rings is 1. The van der Waals surface area contributed by atoms with E-state index in [1.54, 1.807) is 18.2 Å². The zero-order valence-corrected chi connectivity index (χ0v) is 15.1. The molecule has 7 heteroatoms. The first-order valence-electron chi connectivity index (χ1n) is 8.68. The first kappa shape index (κ1) is 18.6. The maximum Gasteiger partial charge on any atom is 0.344 e. The molecule has 134 valence electrons. The van der Waals surface area contributed by atoms with Gasteiger partial charge in [0, 0.05) is 0 Å². The Morgan fingerprint density at radius 2 is 1.75 bits per heavy atom. The van der Waals surface area contributed by atoms with Crippen molar-refractivity contribution >= 4 is 21.7 Å². The van der Waals surface area contributed by atoms with Crippen molar-refractivity contribution < 1.29 is 13.2 Å². The van der Waals surface area contributed by atoms with Crippen LogP contribution in [0.4, 0.5) is 5.69 Å². The van der Waals surface area contributed by atoms with Gasteiger partial charge in [0.05, 0.1) is 17.9 Å². The molecule has 1 heterocycles. The van der Waals surface area contributed by atoms with Gasteiger partial charge in [-0.25, -0.2) is 0 Å². The number of ether oxygens (including phenoxy) is 1. The minimum absolute atomic E-state index is 0.0322. The van der Waals surface area contributed by atoms with Crippen molar-refractivity contribution in [1.29, 1.82) is 0 Å². The molecule has 0 atom stereocenters. The van der Waals surface area contributed by atoms with Gasteiger partial charge in [0.15, 0.2) is 5.84 Å². The van der Waals surface area contributed by atoms with Gasteiger partial charge in [-0.15, -0.1) is 4.40 Å². The molecule has 0 unspecified atom stereocenters. The molecule has 0 saturated carbocycles. The molecule has 0 spiro atoms. The van der Waals surface area contributed by atoms with Crippen LogP contribution in [0.2, 0.25) is 0 Å². The molecule has 0 amide bonds. The second-order valence-electron chi connectivity index (χ2n) is 6.06. The highest BCUT2D eigenvalue weighted by Gasteiger charge is 2.24. The number of nitrogens with one attached hydrogen (secondary N) is 1. The summed E-state index contributed by atoms with van der Waals surface area (Å²) < 4.78 is 34.7. The predicted octanol–water partition coefficient (Wildman–Crippen LogP) is 3.58. The predicted molar refractivity (Wildman–Crippen MR) is 97.8 cm³/mol. The number of nitrogens with zero attached hydrogens (tertiary/aromatic N) is 1. The van der Waals surface area contributed by atoms with Crippen molar-refractivity contribution in [2.45, 2.75) is 58.3 Å². The maximum atomic E-state index is 11.5. The third-order valence-electron chi connectivity index (χ3n) is 4.00. The summed E-state index contributed by atoms with van der Waals surface area (Å²) in [6.07, 6.45) is 9.86. The first-order valence-corrected chi connectivity index (χ1v) is 10.1. The summed E-state index contributed by atoms with van der Waals surface area (Å²) in [6, 6.07) is 5.17. The summed E-state index contributed by atoms with van der Waals surface area (Å²) in [5.74, 6) is 0.536. The number of hydrogen-bond donors (Lipinski definition) is 2. The lowest BCUT2D eigenvalue weighted by atomic mass is 10.1. The Labute approximate surface area is 144 Å². The lowest BCUT2D eigenvalue weighted by molar-refractivity contribution is 0.304. The van der Waals surface area contributed by atoms with Gasteiger partial charge in [-0.05, 0) is 18.6 Å². The van der Waals surface area contributed by atoms with Gasteiger partial charge in [0.25, 0.3) is 0 Å². The fraction of sp³-hybridized carbons (Fsp3) is 0.588. The van der Waals surface area contributed by atoms with Crippen LogP contribution in [0.1, 0.15) is 63.9 Å². The molecule has 0 radical (unpaired) electrons. The maximum absolute atomic E-state index is 11.5. The molecule has 0 fully saturated rings. The summed E-state index contributed by atoms with van der Waals surface area (Å²) in [7, 11) is -3.75. The molecule has 3 N–H and O–H groups in total. The van der Waals surface area contributed by atoms with Crippen LogP contribution < -0.4 is 15.2 Å². The first-order chi connectivity index (χ1) is 11.5. The van der Waals surface area contributed by atoms with E-state index in [0.717, 1.165) is 12.8 Å². The van der Waals surface area contributed by atoms with Gasteiger partial charge in [0.1, 0.15) is 5.75 Å². The zero-order chi connectivity index (χ0) is 17.4. The molecule has 1 aromatic carbocycles. The van der Waals surface area contributed by atoms with Crippen LogP contribution in [-0.2, 0) is 10.2 Å². The SMILES string of the molecule is CCCCCCCCCCOc1cccc2c1C(N)=NS(=O)(=O)N2. The highest BCUT2D eigenvalue weighted by atomic mass is 32.2. The highest BCUT2D eigenvalue weighted by Crippen LogP contribution is 2.30. The number of hydrogen-bond acceptors (Lipinski definition) is 4. The Kier molecular flexibility index (Phi) is 6.90. The quantitative estimate of drug-likeness (QED) is 0.629. The molecule has 2 rings (SSSR count). The number of anilines is 1. The van der Waals surface area contributed by atoms with Crippen LogP contribution in [0.3, 0.4) is 0 Å². The van der Waals surface area contributed by atoms with Crippen molar-refractivity contribution in [2.75, 3.05) is 11.3 Å². The second kappa shape index (κ2) is 8.92. The largest absolute Gasteiger partial charge is 0.493 e. The molecule has 24 heavy (non-hydrogen) atoms. The van der Waals surface area contributed by atoms with Crippen LogP contribution in [0.15, 0.2) is 22.6 Å². The van der Waals surface area contributed by atoms with E-state index >= 15 is 0 Å². The standard InChI is InChI=1S/C17H27N3O3S/c1-2-3-4-5-6-7-8-9-13-23-15-12-10-11-14-16(15)17(18)20-24(21,22)19-14/h10-12,19H,2-9,13H2,1H3,(H2,18,20). The third-order valence-corrected chi connectivity index (χ3v) is 4.91. The van der Waals surface area contributed by atoms with Gasteiger partial charge in [-0.1, -0.05) is 57.9 Å². The molecule has 1 aromatic rings. The summed E-state index contributed by atoms with van der Waals surface area (Å²) in [4.78, 5) is 0. The van der Waals surface area contributed by atoms with Crippen LogP contribution in [-0.4, -0.2) is 20.9 Å². The molecule has 1 aliphatic heterocycles. The summed E-state index contributed by atoms with van der Waals surface area (Å²) >= 11 is 0. The topological polar surface area (TPSA) is 93.8 Å². The van der Waals surface area contributed by atoms with Gasteiger partial charge in [0.2, 0.25) is 0 Å². The van der Waals surface area contributed by atoms with E-state index < -0.39 is 10.2 Å². The lowest BCUT2D eigenvalue weighted by Crippen LogP contribution is -2.27. The van der Waals surface area contributed by atoms with Gasteiger partial charge in [-0.3, -0.25) is 4.72 Å². The number of amidine groups is 1. The highest BCUT2D eigenvalue weighted by molar-refractivity contribution is 7.91.